The number of aromatic carboxylic acids is 1. The minimum absolute atomic E-state index is 0.183. The minimum Gasteiger partial charge on any atom is -0.478 e. The molecule has 0 amide bonds. The van der Waals surface area contributed by atoms with Crippen molar-refractivity contribution in [3.8, 4) is 0 Å². The summed E-state index contributed by atoms with van der Waals surface area (Å²) >= 11 is 5.50. The number of hydrogen-bond donors (Lipinski definition) is 3. The fraction of sp³-hybridized carbons (Fsp3) is 0.125. The van der Waals surface area contributed by atoms with E-state index in [1.54, 1.807) is 0 Å². The molecule has 14 heavy (non-hydrogen) atoms. The summed E-state index contributed by atoms with van der Waals surface area (Å²) in [5, 5.41) is 8.27. The highest BCUT2D eigenvalue weighted by molar-refractivity contribution is 6.33. The highest BCUT2D eigenvalue weighted by atomic mass is 35.5. The smallest absolute Gasteiger partial charge is 0.337 e. The number of anilines is 1. The van der Waals surface area contributed by atoms with Gasteiger partial charge in [-0.15, -0.1) is 0 Å². The summed E-state index contributed by atoms with van der Waals surface area (Å²) in [5.41, 5.74) is 2.26. The van der Waals surface area contributed by atoms with E-state index >= 15 is 0 Å². The minimum atomic E-state index is -1.30. The highest BCUT2D eigenvalue weighted by Crippen LogP contribution is 2.28. The molecule has 6 heteroatoms. The number of nitrogens with one attached hydrogen (secondary N) is 1. The van der Waals surface area contributed by atoms with Crippen molar-refractivity contribution >= 4 is 23.3 Å². The Morgan fingerprint density at radius 3 is 2.71 bits per heavy atom. The van der Waals surface area contributed by atoms with Crippen molar-refractivity contribution in [3.63, 3.8) is 0 Å². The van der Waals surface area contributed by atoms with E-state index in [0.29, 0.717) is 0 Å². The van der Waals surface area contributed by atoms with E-state index in [1.165, 1.54) is 13.0 Å². The Hall–Kier alpha value is -1.33. The molecule has 0 aliphatic carbocycles. The zero-order valence-corrected chi connectivity index (χ0v) is 8.02. The maximum atomic E-state index is 13.3. The average Bonchev–Trinajstić information content (AvgIpc) is 2.14. The van der Waals surface area contributed by atoms with Crippen LogP contribution in [0.1, 0.15) is 15.9 Å². The molecule has 1 aromatic rings. The molecule has 1 rings (SSSR count). The first-order valence-corrected chi connectivity index (χ1v) is 4.05. The standard InChI is InChI=1S/C8H8ClFN2O2/c1-3-5(12-11)2-4(8(13)14)6(9)7(3)10/h2,12H,11H2,1H3,(H,13,14). The SMILES string of the molecule is Cc1c(NN)cc(C(=O)O)c(Cl)c1F. The summed E-state index contributed by atoms with van der Waals surface area (Å²) < 4.78 is 13.3. The summed E-state index contributed by atoms with van der Waals surface area (Å²) in [6.45, 7) is 1.45. The van der Waals surface area contributed by atoms with Gasteiger partial charge < -0.3 is 10.5 Å². The third-order valence-electron chi connectivity index (χ3n) is 1.84. The van der Waals surface area contributed by atoms with Crippen molar-refractivity contribution in [2.45, 2.75) is 6.92 Å². The van der Waals surface area contributed by atoms with Crippen molar-refractivity contribution < 1.29 is 14.3 Å². The van der Waals surface area contributed by atoms with Crippen molar-refractivity contribution in [1.82, 2.24) is 0 Å². The van der Waals surface area contributed by atoms with Crippen LogP contribution in [0.15, 0.2) is 6.07 Å². The molecule has 0 bridgehead atoms. The van der Waals surface area contributed by atoms with Gasteiger partial charge in [-0.3, -0.25) is 5.84 Å². The molecular formula is C8H8ClFN2O2. The number of carboxylic acids is 1. The summed E-state index contributed by atoms with van der Waals surface area (Å²) in [7, 11) is 0. The number of carbonyl (C=O) groups is 1. The van der Waals surface area contributed by atoms with Crippen LogP contribution in [0.5, 0.6) is 0 Å². The lowest BCUT2D eigenvalue weighted by atomic mass is 10.1. The van der Waals surface area contributed by atoms with Crippen molar-refractivity contribution in [1.29, 1.82) is 0 Å². The van der Waals surface area contributed by atoms with E-state index in [-0.39, 0.29) is 16.8 Å². The van der Waals surface area contributed by atoms with Crippen LogP contribution < -0.4 is 11.3 Å². The van der Waals surface area contributed by atoms with Gasteiger partial charge in [0.25, 0.3) is 0 Å². The van der Waals surface area contributed by atoms with Crippen LogP contribution in [-0.2, 0) is 0 Å². The van der Waals surface area contributed by atoms with E-state index in [0.717, 1.165) is 0 Å². The van der Waals surface area contributed by atoms with Crippen LogP contribution in [0.3, 0.4) is 0 Å². The Balaban J connectivity index is 3.48. The van der Waals surface area contributed by atoms with E-state index in [4.69, 9.17) is 22.6 Å². The van der Waals surface area contributed by atoms with Crippen LogP contribution in [0.4, 0.5) is 10.1 Å². The van der Waals surface area contributed by atoms with Gasteiger partial charge in [0.1, 0.15) is 5.82 Å². The molecule has 0 atom stereocenters. The Morgan fingerprint density at radius 2 is 2.29 bits per heavy atom. The first-order valence-electron chi connectivity index (χ1n) is 3.67. The number of nitrogen functional groups attached to an aromatic ring is 1. The van der Waals surface area contributed by atoms with Crippen molar-refractivity contribution in [2.75, 3.05) is 5.43 Å². The molecule has 0 fully saturated rings. The molecule has 0 aliphatic rings. The zero-order chi connectivity index (χ0) is 10.9. The molecule has 0 aliphatic heterocycles. The lowest BCUT2D eigenvalue weighted by Gasteiger charge is -2.09. The Kier molecular flexibility index (Phi) is 2.93. The Bertz CT molecular complexity index is 395. The topological polar surface area (TPSA) is 75.3 Å². The number of hydrazine groups is 1. The first-order chi connectivity index (χ1) is 6.49. The molecule has 0 saturated carbocycles. The van der Waals surface area contributed by atoms with Gasteiger partial charge >= 0.3 is 5.97 Å². The number of benzene rings is 1. The molecule has 0 radical (unpaired) electrons. The zero-order valence-electron chi connectivity index (χ0n) is 7.27. The summed E-state index contributed by atoms with van der Waals surface area (Å²) in [6, 6.07) is 1.18. The molecule has 0 heterocycles. The average molecular weight is 219 g/mol. The number of rotatable bonds is 2. The van der Waals surface area contributed by atoms with Crippen LogP contribution in [0, 0.1) is 12.7 Å². The molecular weight excluding hydrogens is 211 g/mol. The quantitative estimate of drug-likeness (QED) is 0.522. The summed E-state index contributed by atoms with van der Waals surface area (Å²) in [5.74, 6) is 3.01. The monoisotopic (exact) mass is 218 g/mol. The van der Waals surface area contributed by atoms with E-state index in [1.807, 2.05) is 0 Å². The van der Waals surface area contributed by atoms with Crippen molar-refractivity contribution in [2.24, 2.45) is 5.84 Å². The largest absolute Gasteiger partial charge is 0.478 e. The fourth-order valence-electron chi connectivity index (χ4n) is 1.02. The van der Waals surface area contributed by atoms with E-state index in [2.05, 4.69) is 5.43 Å². The molecule has 4 N–H and O–H groups in total. The van der Waals surface area contributed by atoms with Crippen LogP contribution in [0.25, 0.3) is 0 Å². The Labute approximate surface area is 84.4 Å². The molecule has 0 saturated heterocycles. The fourth-order valence-corrected chi connectivity index (χ4v) is 1.30. The molecule has 0 spiro atoms. The van der Waals surface area contributed by atoms with Gasteiger partial charge in [0.2, 0.25) is 0 Å². The van der Waals surface area contributed by atoms with Gasteiger partial charge in [-0.05, 0) is 13.0 Å². The van der Waals surface area contributed by atoms with Gasteiger partial charge in [-0.1, -0.05) is 11.6 Å². The van der Waals surface area contributed by atoms with Gasteiger partial charge in [-0.2, -0.15) is 0 Å². The normalized spacial score (nSPS) is 10.0. The Morgan fingerprint density at radius 1 is 1.71 bits per heavy atom. The molecule has 0 unspecified atom stereocenters. The number of carboxylic acid groups (broad SMARTS) is 1. The van der Waals surface area contributed by atoms with Crippen LogP contribution in [0.2, 0.25) is 5.02 Å². The second-order valence-electron chi connectivity index (χ2n) is 2.67. The second kappa shape index (κ2) is 3.81. The van der Waals surface area contributed by atoms with Gasteiger partial charge in [0, 0.05) is 5.56 Å². The predicted octanol–water partition coefficient (Wildman–Crippen LogP) is 1.77. The summed E-state index contributed by atoms with van der Waals surface area (Å²) in [6.07, 6.45) is 0. The van der Waals surface area contributed by atoms with Crippen LogP contribution in [-0.4, -0.2) is 11.1 Å². The second-order valence-corrected chi connectivity index (χ2v) is 3.05. The van der Waals surface area contributed by atoms with E-state index < -0.39 is 16.8 Å². The third kappa shape index (κ3) is 1.64. The number of nitrogens with two attached hydrogens (primary N) is 1. The maximum Gasteiger partial charge on any atom is 0.337 e. The van der Waals surface area contributed by atoms with Gasteiger partial charge in [0.15, 0.2) is 0 Å². The van der Waals surface area contributed by atoms with Crippen molar-refractivity contribution in [3.05, 3.63) is 28.0 Å². The van der Waals surface area contributed by atoms with Crippen LogP contribution >= 0.6 is 11.6 Å². The maximum absolute atomic E-state index is 13.3. The molecule has 1 aromatic carbocycles. The lowest BCUT2D eigenvalue weighted by molar-refractivity contribution is 0.0696. The lowest BCUT2D eigenvalue weighted by Crippen LogP contribution is -2.11. The predicted molar refractivity (Wildman–Crippen MR) is 50.9 cm³/mol. The van der Waals surface area contributed by atoms with E-state index in [9.17, 15) is 9.18 Å². The number of halogens is 2. The number of hydrogen-bond acceptors (Lipinski definition) is 3. The first kappa shape index (κ1) is 10.7. The molecule has 0 aromatic heterocycles. The highest BCUT2D eigenvalue weighted by Gasteiger charge is 2.17. The summed E-state index contributed by atoms with van der Waals surface area (Å²) in [4.78, 5) is 10.6. The van der Waals surface area contributed by atoms with Gasteiger partial charge in [0.05, 0.1) is 16.3 Å². The molecule has 76 valence electrons. The third-order valence-corrected chi connectivity index (χ3v) is 2.21. The molecule has 4 nitrogen and oxygen atoms in total. The van der Waals surface area contributed by atoms with Gasteiger partial charge in [-0.25, -0.2) is 9.18 Å².